The summed E-state index contributed by atoms with van der Waals surface area (Å²) in [4.78, 5) is 38.4. The zero-order valence-corrected chi connectivity index (χ0v) is 22.4. The van der Waals surface area contributed by atoms with Crippen LogP contribution in [0.3, 0.4) is 0 Å². The minimum Gasteiger partial charge on any atom is -0.365 e. The van der Waals surface area contributed by atoms with Gasteiger partial charge in [-0.25, -0.2) is 9.97 Å². The van der Waals surface area contributed by atoms with Crippen LogP contribution in [0.15, 0.2) is 48.8 Å². The van der Waals surface area contributed by atoms with Crippen molar-refractivity contribution in [3.05, 3.63) is 75.9 Å². The van der Waals surface area contributed by atoms with Gasteiger partial charge in [-0.3, -0.25) is 14.3 Å². The Kier molecular flexibility index (Phi) is 6.49. The fourth-order valence-corrected chi connectivity index (χ4v) is 6.01. The molecule has 0 radical (unpaired) electrons. The molecule has 0 saturated carbocycles. The standard InChI is InChI=1S/C27H29N7O3S/c1-15-6-5-7-18(12-15)17(3)27(37,25(28)36)34-11-9-20-19(24(34)35)13-21(38-20)23-16(2)14-29-26(32-23)31-22-8-10-30-33(22)4/h5-8,10,12-14,17,37H,9,11H2,1-4H3,(H2,28,36)(H,29,31,32). The van der Waals surface area contributed by atoms with E-state index in [0.29, 0.717) is 23.6 Å². The predicted molar refractivity (Wildman–Crippen MR) is 145 cm³/mol. The minimum atomic E-state index is -2.18. The lowest BCUT2D eigenvalue weighted by Gasteiger charge is -2.43. The quantitative estimate of drug-likeness (QED) is 0.333. The number of hydrogen-bond donors (Lipinski definition) is 3. The third-order valence-electron chi connectivity index (χ3n) is 7.03. The van der Waals surface area contributed by atoms with Crippen LogP contribution in [-0.2, 0) is 18.3 Å². The molecule has 2 amide bonds. The summed E-state index contributed by atoms with van der Waals surface area (Å²) in [6.07, 6.45) is 3.88. The fraction of sp³-hybridized carbons (Fsp3) is 0.296. The van der Waals surface area contributed by atoms with Crippen molar-refractivity contribution in [1.29, 1.82) is 0 Å². The summed E-state index contributed by atoms with van der Waals surface area (Å²) in [7, 11) is 1.81. The Morgan fingerprint density at radius 2 is 2.05 bits per heavy atom. The van der Waals surface area contributed by atoms with Crippen LogP contribution in [0.1, 0.15) is 44.8 Å². The maximum Gasteiger partial charge on any atom is 0.271 e. The maximum atomic E-state index is 13.7. The molecule has 5 rings (SSSR count). The molecule has 38 heavy (non-hydrogen) atoms. The van der Waals surface area contributed by atoms with Crippen molar-refractivity contribution >= 4 is 34.9 Å². The highest BCUT2D eigenvalue weighted by Gasteiger charge is 2.50. The molecule has 1 aliphatic rings. The van der Waals surface area contributed by atoms with Crippen molar-refractivity contribution in [3.8, 4) is 10.6 Å². The number of carbonyl (C=O) groups excluding carboxylic acids is 2. The number of thiophene rings is 1. The fourth-order valence-electron chi connectivity index (χ4n) is 4.81. The Morgan fingerprint density at radius 3 is 2.74 bits per heavy atom. The van der Waals surface area contributed by atoms with Crippen LogP contribution in [0.2, 0.25) is 0 Å². The van der Waals surface area contributed by atoms with Gasteiger partial charge in [-0.2, -0.15) is 5.10 Å². The normalized spacial score (nSPS) is 15.6. The number of rotatable bonds is 7. The lowest BCUT2D eigenvalue weighted by molar-refractivity contribution is -0.159. The van der Waals surface area contributed by atoms with E-state index in [1.807, 2.05) is 51.2 Å². The largest absolute Gasteiger partial charge is 0.365 e. The van der Waals surface area contributed by atoms with Crippen LogP contribution in [-0.4, -0.2) is 53.8 Å². The van der Waals surface area contributed by atoms with E-state index in [0.717, 1.165) is 32.3 Å². The van der Waals surface area contributed by atoms with E-state index in [1.165, 1.54) is 16.2 Å². The van der Waals surface area contributed by atoms with Crippen LogP contribution in [0.5, 0.6) is 0 Å². The molecule has 0 bridgehead atoms. The lowest BCUT2D eigenvalue weighted by Crippen LogP contribution is -2.63. The Morgan fingerprint density at radius 1 is 1.26 bits per heavy atom. The van der Waals surface area contributed by atoms with Gasteiger partial charge >= 0.3 is 0 Å². The van der Waals surface area contributed by atoms with Crippen molar-refractivity contribution in [3.63, 3.8) is 0 Å². The molecular formula is C27H29N7O3S. The zero-order chi connectivity index (χ0) is 27.2. The first kappa shape index (κ1) is 25.6. The Balaban J connectivity index is 1.48. The second-order valence-electron chi connectivity index (χ2n) is 9.57. The Hall–Kier alpha value is -4.09. The number of primary amides is 1. The van der Waals surface area contributed by atoms with Crippen molar-refractivity contribution in [1.82, 2.24) is 24.6 Å². The monoisotopic (exact) mass is 531 g/mol. The lowest BCUT2D eigenvalue weighted by atomic mass is 9.86. The summed E-state index contributed by atoms with van der Waals surface area (Å²) >= 11 is 1.47. The van der Waals surface area contributed by atoms with E-state index in [2.05, 4.69) is 15.4 Å². The number of aryl methyl sites for hydroxylation is 3. The molecule has 1 aromatic carbocycles. The van der Waals surface area contributed by atoms with E-state index in [4.69, 9.17) is 10.7 Å². The van der Waals surface area contributed by atoms with Gasteiger partial charge in [-0.1, -0.05) is 36.8 Å². The summed E-state index contributed by atoms with van der Waals surface area (Å²) in [5, 5.41) is 19.0. The van der Waals surface area contributed by atoms with E-state index in [1.54, 1.807) is 30.1 Å². The molecule has 3 aromatic heterocycles. The molecule has 4 aromatic rings. The van der Waals surface area contributed by atoms with Gasteiger partial charge in [-0.15, -0.1) is 11.3 Å². The number of nitrogens with two attached hydrogens (primary N) is 1. The molecule has 0 fully saturated rings. The molecule has 10 nitrogen and oxygen atoms in total. The average molecular weight is 532 g/mol. The van der Waals surface area contributed by atoms with Crippen LogP contribution in [0.4, 0.5) is 11.8 Å². The first-order valence-corrected chi connectivity index (χ1v) is 13.0. The average Bonchev–Trinajstić information content (AvgIpc) is 3.51. The van der Waals surface area contributed by atoms with E-state index in [-0.39, 0.29) is 6.54 Å². The number of aromatic nitrogens is 4. The topological polar surface area (TPSA) is 139 Å². The van der Waals surface area contributed by atoms with E-state index >= 15 is 0 Å². The molecule has 2 unspecified atom stereocenters. The number of nitrogens with zero attached hydrogens (tertiary/aromatic N) is 5. The number of nitrogens with one attached hydrogen (secondary N) is 1. The third kappa shape index (κ3) is 4.33. The molecule has 0 aliphatic carbocycles. The molecule has 11 heteroatoms. The van der Waals surface area contributed by atoms with Crippen LogP contribution in [0.25, 0.3) is 10.6 Å². The SMILES string of the molecule is Cc1cccc(C(C)C(O)(C(N)=O)N2CCc3sc(-c4nc(Nc5ccnn5C)ncc4C)cc3C2=O)c1. The summed E-state index contributed by atoms with van der Waals surface area (Å²) in [6, 6.07) is 11.1. The number of amides is 2. The minimum absolute atomic E-state index is 0.164. The first-order chi connectivity index (χ1) is 18.1. The highest BCUT2D eigenvalue weighted by atomic mass is 32.1. The molecule has 1 aliphatic heterocycles. The highest BCUT2D eigenvalue weighted by Crippen LogP contribution is 2.40. The molecular weight excluding hydrogens is 502 g/mol. The van der Waals surface area contributed by atoms with Gasteiger partial charge in [-0.05, 0) is 31.0 Å². The molecule has 4 heterocycles. The number of hydrogen-bond acceptors (Lipinski definition) is 8. The van der Waals surface area contributed by atoms with Gasteiger partial charge in [0.2, 0.25) is 11.7 Å². The number of carbonyl (C=O) groups is 2. The van der Waals surface area contributed by atoms with Crippen molar-refractivity contribution in [2.75, 3.05) is 11.9 Å². The highest BCUT2D eigenvalue weighted by molar-refractivity contribution is 7.15. The van der Waals surface area contributed by atoms with Gasteiger partial charge in [0.1, 0.15) is 5.82 Å². The first-order valence-electron chi connectivity index (χ1n) is 12.2. The molecule has 2 atom stereocenters. The van der Waals surface area contributed by atoms with Gasteiger partial charge in [0.05, 0.1) is 22.3 Å². The Bertz CT molecular complexity index is 1550. The van der Waals surface area contributed by atoms with Crippen molar-refractivity contribution < 1.29 is 14.7 Å². The maximum absolute atomic E-state index is 13.7. The van der Waals surface area contributed by atoms with Gasteiger partial charge in [0.15, 0.2) is 0 Å². The smallest absolute Gasteiger partial charge is 0.271 e. The molecule has 196 valence electrons. The second kappa shape index (κ2) is 9.66. The summed E-state index contributed by atoms with van der Waals surface area (Å²) < 4.78 is 1.68. The zero-order valence-electron chi connectivity index (χ0n) is 21.6. The molecule has 0 saturated heterocycles. The number of anilines is 2. The van der Waals surface area contributed by atoms with Crippen molar-refractivity contribution in [2.24, 2.45) is 12.8 Å². The number of aliphatic hydroxyl groups is 1. The van der Waals surface area contributed by atoms with Crippen LogP contribution < -0.4 is 11.1 Å². The number of benzene rings is 1. The van der Waals surface area contributed by atoms with Gasteiger partial charge in [0, 0.05) is 43.1 Å². The predicted octanol–water partition coefficient (Wildman–Crippen LogP) is 3.27. The van der Waals surface area contributed by atoms with Crippen molar-refractivity contribution in [2.45, 2.75) is 38.8 Å². The second-order valence-corrected chi connectivity index (χ2v) is 10.7. The van der Waals surface area contributed by atoms with Crippen LogP contribution >= 0.6 is 11.3 Å². The van der Waals surface area contributed by atoms with Crippen LogP contribution in [0, 0.1) is 13.8 Å². The molecule has 0 spiro atoms. The van der Waals surface area contributed by atoms with E-state index in [9.17, 15) is 14.7 Å². The Labute approximate surface area is 224 Å². The van der Waals surface area contributed by atoms with Gasteiger partial charge in [0.25, 0.3) is 11.8 Å². The van der Waals surface area contributed by atoms with Gasteiger partial charge < -0.3 is 21.1 Å². The third-order valence-corrected chi connectivity index (χ3v) is 8.23. The summed E-state index contributed by atoms with van der Waals surface area (Å²) in [5.74, 6) is -0.979. The summed E-state index contributed by atoms with van der Waals surface area (Å²) in [5.41, 5.74) is 7.25. The van der Waals surface area contributed by atoms with E-state index < -0.39 is 23.5 Å². The molecule has 4 N–H and O–H groups in total. The number of fused-ring (bicyclic) bond motifs is 1. The summed E-state index contributed by atoms with van der Waals surface area (Å²) in [6.45, 7) is 5.71.